The summed E-state index contributed by atoms with van der Waals surface area (Å²) in [5.74, 6) is -0.292. The van der Waals surface area contributed by atoms with Gasteiger partial charge >= 0.3 is 0 Å². The number of nitrogens with two attached hydrogens (primary N) is 1. The molecule has 74 valence electrons. The van der Waals surface area contributed by atoms with Gasteiger partial charge in [-0.15, -0.1) is 0 Å². The molecule has 1 unspecified atom stereocenters. The van der Waals surface area contributed by atoms with Crippen LogP contribution in [0.3, 0.4) is 0 Å². The summed E-state index contributed by atoms with van der Waals surface area (Å²) >= 11 is 0. The van der Waals surface area contributed by atoms with E-state index in [-0.39, 0.29) is 5.91 Å². The Kier molecular flexibility index (Phi) is 1.85. The smallest absolute Gasteiger partial charge is 0.263 e. The van der Waals surface area contributed by atoms with Gasteiger partial charge in [0.15, 0.2) is 0 Å². The quantitative estimate of drug-likeness (QED) is 0.544. The Hall–Kier alpha value is -1.69. The van der Waals surface area contributed by atoms with E-state index in [1.807, 2.05) is 13.8 Å². The molecule has 0 saturated heterocycles. The van der Waals surface area contributed by atoms with Crippen LogP contribution in [0.5, 0.6) is 0 Å². The highest BCUT2D eigenvalue weighted by atomic mass is 16.2. The zero-order chi connectivity index (χ0) is 10.3. The monoisotopic (exact) mass is 193 g/mol. The predicted octanol–water partition coefficient (Wildman–Crippen LogP) is -0.812. The first-order chi connectivity index (χ1) is 6.61. The van der Waals surface area contributed by atoms with Crippen molar-refractivity contribution in [2.45, 2.75) is 19.9 Å². The minimum absolute atomic E-state index is 0.292. The van der Waals surface area contributed by atoms with Gasteiger partial charge in [-0.25, -0.2) is 5.43 Å². The van der Waals surface area contributed by atoms with Crippen LogP contribution in [0.15, 0.2) is 5.10 Å². The van der Waals surface area contributed by atoms with E-state index in [2.05, 4.69) is 20.7 Å². The minimum Gasteiger partial charge on any atom is -0.315 e. The highest BCUT2D eigenvalue weighted by Crippen LogP contribution is 2.12. The van der Waals surface area contributed by atoms with E-state index in [4.69, 9.17) is 5.73 Å². The van der Waals surface area contributed by atoms with E-state index in [1.165, 1.54) is 0 Å². The normalized spacial score (nSPS) is 20.9. The van der Waals surface area contributed by atoms with Gasteiger partial charge in [-0.3, -0.25) is 9.89 Å². The third-order valence-corrected chi connectivity index (χ3v) is 2.36. The fraction of sp³-hybridized carbons (Fsp3) is 0.375. The van der Waals surface area contributed by atoms with E-state index in [0.29, 0.717) is 11.4 Å². The molecule has 2 rings (SSSR count). The third kappa shape index (κ3) is 1.12. The molecule has 1 aliphatic heterocycles. The Bertz CT molecular complexity index is 419. The molecule has 0 fully saturated rings. The molecule has 0 saturated carbocycles. The molecule has 14 heavy (non-hydrogen) atoms. The number of carbonyl (C=O) groups excluding carboxylic acids is 1. The Morgan fingerprint density at radius 3 is 2.57 bits per heavy atom. The summed E-state index contributed by atoms with van der Waals surface area (Å²) < 4.78 is 0. The second kappa shape index (κ2) is 2.91. The van der Waals surface area contributed by atoms with Gasteiger partial charge in [0.05, 0.1) is 0 Å². The number of hydrazone groups is 1. The molecule has 0 bridgehead atoms. The van der Waals surface area contributed by atoms with Crippen LogP contribution < -0.4 is 11.2 Å². The van der Waals surface area contributed by atoms with Crippen molar-refractivity contribution >= 4 is 11.6 Å². The number of H-pyrrole nitrogens is 1. The van der Waals surface area contributed by atoms with Gasteiger partial charge in [0, 0.05) is 5.69 Å². The maximum Gasteiger partial charge on any atom is 0.263 e. The number of carbonyl (C=O) groups is 1. The topological polar surface area (TPSA) is 96.2 Å². The molecular weight excluding hydrogens is 182 g/mol. The van der Waals surface area contributed by atoms with Crippen LogP contribution in [-0.4, -0.2) is 27.9 Å². The van der Waals surface area contributed by atoms with Gasteiger partial charge in [-0.05, 0) is 19.4 Å². The number of nitrogens with one attached hydrogen (secondary N) is 2. The number of hydrogen-bond donors (Lipinski definition) is 3. The number of aryl methyl sites for hydroxylation is 1. The highest BCUT2D eigenvalue weighted by Gasteiger charge is 2.29. The molecule has 2 heterocycles. The van der Waals surface area contributed by atoms with E-state index in [0.717, 1.165) is 11.3 Å². The fourth-order valence-corrected chi connectivity index (χ4v) is 1.31. The van der Waals surface area contributed by atoms with Gasteiger partial charge in [0.25, 0.3) is 5.91 Å². The van der Waals surface area contributed by atoms with Crippen LogP contribution in [0.1, 0.15) is 17.0 Å². The Morgan fingerprint density at radius 2 is 2.14 bits per heavy atom. The molecule has 0 aromatic carbocycles. The largest absolute Gasteiger partial charge is 0.315 e. The Balaban J connectivity index is 2.42. The Labute approximate surface area is 80.6 Å². The van der Waals surface area contributed by atoms with Gasteiger partial charge in [-0.2, -0.15) is 10.2 Å². The SMILES string of the molecule is Cc1[nH]nc(C2=NNC(=O)C2N)c1C. The second-order valence-electron chi connectivity index (χ2n) is 3.27. The van der Waals surface area contributed by atoms with Crippen molar-refractivity contribution in [1.29, 1.82) is 0 Å². The lowest BCUT2D eigenvalue weighted by Crippen LogP contribution is -2.38. The summed E-state index contributed by atoms with van der Waals surface area (Å²) in [4.78, 5) is 11.1. The van der Waals surface area contributed by atoms with Crippen LogP contribution in [-0.2, 0) is 4.79 Å². The summed E-state index contributed by atoms with van der Waals surface area (Å²) in [6.45, 7) is 3.81. The van der Waals surface area contributed by atoms with Crippen molar-refractivity contribution in [2.75, 3.05) is 0 Å². The predicted molar refractivity (Wildman–Crippen MR) is 50.7 cm³/mol. The fourth-order valence-electron chi connectivity index (χ4n) is 1.31. The number of aromatic nitrogens is 2. The van der Waals surface area contributed by atoms with Crippen molar-refractivity contribution < 1.29 is 4.79 Å². The molecule has 6 nitrogen and oxygen atoms in total. The summed E-state index contributed by atoms with van der Waals surface area (Å²) in [6.07, 6.45) is 0. The maximum absolute atomic E-state index is 11.1. The maximum atomic E-state index is 11.1. The lowest BCUT2D eigenvalue weighted by atomic mass is 10.1. The van der Waals surface area contributed by atoms with Crippen molar-refractivity contribution in [3.63, 3.8) is 0 Å². The summed E-state index contributed by atoms with van der Waals surface area (Å²) in [7, 11) is 0. The molecule has 1 aliphatic rings. The van der Waals surface area contributed by atoms with Crippen molar-refractivity contribution in [2.24, 2.45) is 10.8 Å². The molecule has 1 aromatic rings. The lowest BCUT2D eigenvalue weighted by Gasteiger charge is -2.01. The van der Waals surface area contributed by atoms with Gasteiger partial charge in [0.2, 0.25) is 0 Å². The van der Waals surface area contributed by atoms with Crippen LogP contribution in [0.4, 0.5) is 0 Å². The number of rotatable bonds is 1. The van der Waals surface area contributed by atoms with Crippen molar-refractivity contribution in [1.82, 2.24) is 15.6 Å². The van der Waals surface area contributed by atoms with Crippen LogP contribution >= 0.6 is 0 Å². The molecule has 6 heteroatoms. The number of amides is 1. The highest BCUT2D eigenvalue weighted by molar-refractivity contribution is 6.18. The van der Waals surface area contributed by atoms with Crippen LogP contribution in [0, 0.1) is 13.8 Å². The molecule has 1 aromatic heterocycles. The molecule has 1 amide bonds. The summed E-state index contributed by atoms with van der Waals surface area (Å²) in [5.41, 5.74) is 11.0. The zero-order valence-corrected chi connectivity index (χ0v) is 7.96. The van der Waals surface area contributed by atoms with E-state index in [9.17, 15) is 4.79 Å². The summed E-state index contributed by atoms with van der Waals surface area (Å²) in [5, 5.41) is 10.7. The van der Waals surface area contributed by atoms with Gasteiger partial charge < -0.3 is 5.73 Å². The standard InChI is InChI=1S/C8H11N5O/c1-3-4(2)10-11-6(3)7-5(9)8(14)13-12-7/h5H,9H2,1-2H3,(H,10,11)(H,13,14). The molecule has 0 radical (unpaired) electrons. The van der Waals surface area contributed by atoms with Crippen molar-refractivity contribution in [3.05, 3.63) is 17.0 Å². The number of hydrogen-bond acceptors (Lipinski definition) is 4. The lowest BCUT2D eigenvalue weighted by molar-refractivity contribution is -0.120. The molecule has 0 aliphatic carbocycles. The van der Waals surface area contributed by atoms with Gasteiger partial charge in [-0.1, -0.05) is 0 Å². The van der Waals surface area contributed by atoms with Crippen LogP contribution in [0.25, 0.3) is 0 Å². The molecular formula is C8H11N5O. The average Bonchev–Trinajstić information content (AvgIpc) is 2.63. The minimum atomic E-state index is -0.712. The zero-order valence-electron chi connectivity index (χ0n) is 7.96. The third-order valence-electron chi connectivity index (χ3n) is 2.36. The first-order valence-corrected chi connectivity index (χ1v) is 4.26. The number of nitrogens with zero attached hydrogens (tertiary/aromatic N) is 2. The van der Waals surface area contributed by atoms with E-state index < -0.39 is 6.04 Å². The summed E-state index contributed by atoms with van der Waals surface area (Å²) in [6, 6.07) is -0.712. The molecule has 4 N–H and O–H groups in total. The van der Waals surface area contributed by atoms with Gasteiger partial charge in [0.1, 0.15) is 17.4 Å². The van der Waals surface area contributed by atoms with E-state index in [1.54, 1.807) is 0 Å². The van der Waals surface area contributed by atoms with Crippen molar-refractivity contribution in [3.8, 4) is 0 Å². The number of aromatic amines is 1. The second-order valence-corrected chi connectivity index (χ2v) is 3.27. The first-order valence-electron chi connectivity index (χ1n) is 4.26. The molecule has 0 spiro atoms. The molecule has 1 atom stereocenters. The van der Waals surface area contributed by atoms with Crippen LogP contribution in [0.2, 0.25) is 0 Å². The average molecular weight is 193 g/mol. The Morgan fingerprint density at radius 1 is 1.43 bits per heavy atom. The van der Waals surface area contributed by atoms with E-state index >= 15 is 0 Å². The first kappa shape index (κ1) is 8.89.